The van der Waals surface area contributed by atoms with Gasteiger partial charge in [-0.3, -0.25) is 0 Å². The summed E-state index contributed by atoms with van der Waals surface area (Å²) >= 11 is 4.82. The maximum atomic E-state index is 10.9. The molecule has 0 bridgehead atoms. The number of sulfone groups is 1. The molecule has 4 nitrogen and oxygen atoms in total. The van der Waals surface area contributed by atoms with E-state index in [4.69, 9.17) is 18.0 Å². The minimum absolute atomic E-state index is 0.115. The van der Waals surface area contributed by atoms with E-state index in [1.165, 1.54) is 6.26 Å². The van der Waals surface area contributed by atoms with Crippen molar-refractivity contribution in [3.8, 4) is 0 Å². The smallest absolute Gasteiger partial charge is 0.149 e. The van der Waals surface area contributed by atoms with Crippen molar-refractivity contribution in [2.75, 3.05) is 23.9 Å². The molecule has 1 aromatic carbocycles. The van der Waals surface area contributed by atoms with Crippen LogP contribution >= 0.6 is 12.2 Å². The molecule has 0 saturated carbocycles. The average Bonchev–Trinajstić information content (AvgIpc) is 2.16. The van der Waals surface area contributed by atoms with Gasteiger partial charge in [0.15, 0.2) is 0 Å². The summed E-state index contributed by atoms with van der Waals surface area (Å²) in [6, 6.07) is 7.23. The SMILES string of the molecule is CS(=O)(=O)CCNc1ccc(C(N)=S)cc1. The second-order valence-electron chi connectivity index (χ2n) is 3.50. The quantitative estimate of drug-likeness (QED) is 0.764. The van der Waals surface area contributed by atoms with E-state index in [0.717, 1.165) is 11.3 Å². The van der Waals surface area contributed by atoms with Crippen LogP contribution in [0.4, 0.5) is 5.69 Å². The summed E-state index contributed by atoms with van der Waals surface area (Å²) in [6.07, 6.45) is 1.21. The summed E-state index contributed by atoms with van der Waals surface area (Å²) in [5.74, 6) is 0.115. The normalized spacial score (nSPS) is 11.1. The molecule has 0 spiro atoms. The van der Waals surface area contributed by atoms with E-state index in [-0.39, 0.29) is 5.75 Å². The van der Waals surface area contributed by atoms with Crippen molar-refractivity contribution in [2.45, 2.75) is 0 Å². The van der Waals surface area contributed by atoms with Crippen LogP contribution in [0.3, 0.4) is 0 Å². The Bertz CT molecular complexity index is 466. The van der Waals surface area contributed by atoms with Crippen molar-refractivity contribution < 1.29 is 8.42 Å². The lowest BCUT2D eigenvalue weighted by atomic mass is 10.2. The number of rotatable bonds is 5. The third kappa shape index (κ3) is 4.59. The van der Waals surface area contributed by atoms with E-state index < -0.39 is 9.84 Å². The van der Waals surface area contributed by atoms with Crippen molar-refractivity contribution in [2.24, 2.45) is 5.73 Å². The summed E-state index contributed by atoms with van der Waals surface area (Å²) in [6.45, 7) is 0.394. The number of anilines is 1. The third-order valence-electron chi connectivity index (χ3n) is 1.97. The van der Waals surface area contributed by atoms with E-state index in [0.29, 0.717) is 11.5 Å². The van der Waals surface area contributed by atoms with E-state index in [1.54, 1.807) is 12.1 Å². The van der Waals surface area contributed by atoms with E-state index in [9.17, 15) is 8.42 Å². The van der Waals surface area contributed by atoms with Gasteiger partial charge in [0.25, 0.3) is 0 Å². The van der Waals surface area contributed by atoms with Gasteiger partial charge in [-0.1, -0.05) is 12.2 Å². The largest absolute Gasteiger partial charge is 0.389 e. The predicted molar refractivity (Wildman–Crippen MR) is 70.5 cm³/mol. The number of hydrogen-bond acceptors (Lipinski definition) is 4. The molecular formula is C10H14N2O2S2. The molecule has 0 fully saturated rings. The molecule has 88 valence electrons. The summed E-state index contributed by atoms with van der Waals surface area (Å²) < 4.78 is 21.8. The molecule has 0 aliphatic carbocycles. The first-order chi connectivity index (χ1) is 7.38. The zero-order valence-electron chi connectivity index (χ0n) is 8.93. The number of thiocarbonyl (C=S) groups is 1. The maximum Gasteiger partial charge on any atom is 0.149 e. The topological polar surface area (TPSA) is 72.2 Å². The van der Waals surface area contributed by atoms with Crippen molar-refractivity contribution in [3.63, 3.8) is 0 Å². The van der Waals surface area contributed by atoms with Gasteiger partial charge in [-0.15, -0.1) is 0 Å². The first-order valence-corrected chi connectivity index (χ1v) is 7.17. The van der Waals surface area contributed by atoms with Gasteiger partial charge in [0.2, 0.25) is 0 Å². The minimum atomic E-state index is -2.92. The molecule has 0 atom stereocenters. The van der Waals surface area contributed by atoms with E-state index in [1.807, 2.05) is 12.1 Å². The maximum absolute atomic E-state index is 10.9. The fourth-order valence-corrected chi connectivity index (χ4v) is 1.74. The highest BCUT2D eigenvalue weighted by Crippen LogP contribution is 2.09. The third-order valence-corrected chi connectivity index (χ3v) is 3.15. The summed E-state index contributed by atoms with van der Waals surface area (Å²) in [7, 11) is -2.92. The summed E-state index contributed by atoms with van der Waals surface area (Å²) in [5, 5.41) is 3.00. The lowest BCUT2D eigenvalue weighted by Crippen LogP contribution is -2.14. The molecule has 1 aromatic rings. The molecule has 0 unspecified atom stereocenters. The molecule has 0 saturated heterocycles. The monoisotopic (exact) mass is 258 g/mol. The van der Waals surface area contributed by atoms with Gasteiger partial charge in [0.05, 0.1) is 5.75 Å². The Morgan fingerprint density at radius 1 is 1.38 bits per heavy atom. The van der Waals surface area contributed by atoms with Crippen molar-refractivity contribution in [1.82, 2.24) is 0 Å². The number of nitrogens with two attached hydrogens (primary N) is 1. The molecule has 0 heterocycles. The molecule has 3 N–H and O–H groups in total. The van der Waals surface area contributed by atoms with Crippen LogP contribution in [0.25, 0.3) is 0 Å². The Morgan fingerprint density at radius 2 is 1.94 bits per heavy atom. The number of nitrogens with one attached hydrogen (secondary N) is 1. The van der Waals surface area contributed by atoms with Crippen LogP contribution < -0.4 is 11.1 Å². The molecule has 0 aliphatic heterocycles. The Balaban J connectivity index is 2.53. The Labute approximate surface area is 101 Å². The fourth-order valence-electron chi connectivity index (χ4n) is 1.13. The molecule has 16 heavy (non-hydrogen) atoms. The predicted octanol–water partition coefficient (Wildman–Crippen LogP) is 0.777. The molecule has 0 radical (unpaired) electrons. The summed E-state index contributed by atoms with van der Waals surface area (Å²) in [5.41, 5.74) is 7.10. The first-order valence-electron chi connectivity index (χ1n) is 4.70. The van der Waals surface area contributed by atoms with Crippen LogP contribution in [0, 0.1) is 0 Å². The standard InChI is InChI=1S/C10H14N2O2S2/c1-16(13,14)7-6-12-9-4-2-8(3-5-9)10(11)15/h2-5,12H,6-7H2,1H3,(H2,11,15). The average molecular weight is 258 g/mol. The van der Waals surface area contributed by atoms with Crippen LogP contribution in [0.15, 0.2) is 24.3 Å². The Morgan fingerprint density at radius 3 is 2.38 bits per heavy atom. The molecule has 0 aromatic heterocycles. The van der Waals surface area contributed by atoms with Gasteiger partial charge in [-0.25, -0.2) is 8.42 Å². The summed E-state index contributed by atoms with van der Waals surface area (Å²) in [4.78, 5) is 0.350. The Hall–Kier alpha value is -1.14. The lowest BCUT2D eigenvalue weighted by molar-refractivity contribution is 0.602. The molecule has 6 heteroatoms. The van der Waals surface area contributed by atoms with Crippen molar-refractivity contribution in [3.05, 3.63) is 29.8 Å². The van der Waals surface area contributed by atoms with Gasteiger partial charge in [0, 0.05) is 24.1 Å². The molecule has 0 aliphatic rings. The van der Waals surface area contributed by atoms with Crippen LogP contribution in [-0.4, -0.2) is 32.0 Å². The van der Waals surface area contributed by atoms with Crippen LogP contribution in [0.2, 0.25) is 0 Å². The highest BCUT2D eigenvalue weighted by Gasteiger charge is 2.01. The highest BCUT2D eigenvalue weighted by atomic mass is 32.2. The van der Waals surface area contributed by atoms with E-state index in [2.05, 4.69) is 5.32 Å². The zero-order chi connectivity index (χ0) is 12.2. The lowest BCUT2D eigenvalue weighted by Gasteiger charge is -2.06. The second kappa shape index (κ2) is 5.27. The van der Waals surface area contributed by atoms with E-state index >= 15 is 0 Å². The van der Waals surface area contributed by atoms with Crippen LogP contribution in [-0.2, 0) is 9.84 Å². The Kier molecular flexibility index (Phi) is 4.26. The minimum Gasteiger partial charge on any atom is -0.389 e. The van der Waals surface area contributed by atoms with Gasteiger partial charge in [-0.05, 0) is 24.3 Å². The second-order valence-corrected chi connectivity index (χ2v) is 6.20. The van der Waals surface area contributed by atoms with Crippen molar-refractivity contribution in [1.29, 1.82) is 0 Å². The number of benzene rings is 1. The van der Waals surface area contributed by atoms with Gasteiger partial charge in [0.1, 0.15) is 14.8 Å². The number of hydrogen-bond donors (Lipinski definition) is 2. The van der Waals surface area contributed by atoms with Crippen molar-refractivity contribution >= 4 is 32.7 Å². The first kappa shape index (κ1) is 12.9. The van der Waals surface area contributed by atoms with Gasteiger partial charge < -0.3 is 11.1 Å². The van der Waals surface area contributed by atoms with Crippen LogP contribution in [0.5, 0.6) is 0 Å². The zero-order valence-corrected chi connectivity index (χ0v) is 10.6. The van der Waals surface area contributed by atoms with Crippen LogP contribution in [0.1, 0.15) is 5.56 Å². The highest BCUT2D eigenvalue weighted by molar-refractivity contribution is 7.90. The fraction of sp³-hybridized carbons (Fsp3) is 0.300. The van der Waals surface area contributed by atoms with Gasteiger partial charge >= 0.3 is 0 Å². The molecule has 0 amide bonds. The molecule has 1 rings (SSSR count). The van der Waals surface area contributed by atoms with Gasteiger partial charge in [-0.2, -0.15) is 0 Å². The molecular weight excluding hydrogens is 244 g/mol.